The molecule has 0 aromatic carbocycles. The number of rotatable bonds is 4. The van der Waals surface area contributed by atoms with Crippen LogP contribution in [0.5, 0.6) is 0 Å². The third kappa shape index (κ3) is 2.19. The van der Waals surface area contributed by atoms with E-state index in [1.54, 1.807) is 6.20 Å². The Morgan fingerprint density at radius 3 is 3.00 bits per heavy atom. The molecular formula is C14H20N4. The summed E-state index contributed by atoms with van der Waals surface area (Å²) in [4.78, 5) is 8.71. The molecule has 4 nitrogen and oxygen atoms in total. The fraction of sp³-hybridized carbons (Fsp3) is 0.571. The van der Waals surface area contributed by atoms with E-state index in [2.05, 4.69) is 9.97 Å². The first-order valence-electron chi connectivity index (χ1n) is 6.91. The third-order valence-corrected chi connectivity index (χ3v) is 4.00. The first kappa shape index (κ1) is 11.5. The second-order valence-corrected chi connectivity index (χ2v) is 5.26. The largest absolute Gasteiger partial charge is 0.369 e. The molecule has 3 rings (SSSR count). The van der Waals surface area contributed by atoms with E-state index < -0.39 is 0 Å². The molecule has 2 aromatic heterocycles. The summed E-state index contributed by atoms with van der Waals surface area (Å²) in [5, 5.41) is 0. The normalized spacial score (nSPS) is 16.7. The van der Waals surface area contributed by atoms with Crippen molar-refractivity contribution >= 4 is 17.1 Å². The Morgan fingerprint density at radius 1 is 1.33 bits per heavy atom. The van der Waals surface area contributed by atoms with E-state index in [4.69, 9.17) is 5.73 Å². The molecule has 0 bridgehead atoms. The number of fused-ring (bicyclic) bond motifs is 1. The minimum Gasteiger partial charge on any atom is -0.369 e. The second-order valence-electron chi connectivity index (χ2n) is 5.26. The molecule has 96 valence electrons. The molecule has 0 atom stereocenters. The van der Waals surface area contributed by atoms with Crippen LogP contribution in [-0.2, 0) is 6.54 Å². The Hall–Kier alpha value is -1.58. The van der Waals surface area contributed by atoms with Crippen LogP contribution in [0.4, 0.5) is 5.95 Å². The van der Waals surface area contributed by atoms with Crippen LogP contribution >= 0.6 is 0 Å². The summed E-state index contributed by atoms with van der Waals surface area (Å²) in [7, 11) is 0. The molecule has 0 radical (unpaired) electrons. The summed E-state index contributed by atoms with van der Waals surface area (Å²) >= 11 is 0. The van der Waals surface area contributed by atoms with Gasteiger partial charge in [-0.05, 0) is 30.9 Å². The smallest absolute Gasteiger partial charge is 0.202 e. The Labute approximate surface area is 107 Å². The van der Waals surface area contributed by atoms with Gasteiger partial charge in [0.05, 0.1) is 0 Å². The van der Waals surface area contributed by atoms with Crippen LogP contribution in [-0.4, -0.2) is 14.5 Å². The molecule has 1 aliphatic carbocycles. The Bertz CT molecular complexity index is 526. The minimum absolute atomic E-state index is 0.593. The molecule has 4 heteroatoms. The van der Waals surface area contributed by atoms with E-state index in [-0.39, 0.29) is 0 Å². The molecule has 2 heterocycles. The van der Waals surface area contributed by atoms with E-state index in [0.29, 0.717) is 5.95 Å². The van der Waals surface area contributed by atoms with Crippen LogP contribution < -0.4 is 5.73 Å². The highest BCUT2D eigenvalue weighted by atomic mass is 15.2. The van der Waals surface area contributed by atoms with Crippen molar-refractivity contribution in [2.45, 2.75) is 45.1 Å². The van der Waals surface area contributed by atoms with E-state index in [9.17, 15) is 0 Å². The Morgan fingerprint density at radius 2 is 2.17 bits per heavy atom. The number of nitrogen functional groups attached to an aromatic ring is 1. The maximum absolute atomic E-state index is 5.96. The maximum Gasteiger partial charge on any atom is 0.202 e. The van der Waals surface area contributed by atoms with E-state index >= 15 is 0 Å². The molecule has 0 amide bonds. The molecular weight excluding hydrogens is 224 g/mol. The van der Waals surface area contributed by atoms with Crippen molar-refractivity contribution in [3.05, 3.63) is 18.3 Å². The van der Waals surface area contributed by atoms with Gasteiger partial charge in [0, 0.05) is 12.7 Å². The highest BCUT2D eigenvalue weighted by Crippen LogP contribution is 2.29. The molecule has 18 heavy (non-hydrogen) atoms. The van der Waals surface area contributed by atoms with Crippen molar-refractivity contribution in [3.63, 3.8) is 0 Å². The van der Waals surface area contributed by atoms with E-state index in [1.807, 2.05) is 16.7 Å². The highest BCUT2D eigenvalue weighted by Gasteiger charge is 2.15. The SMILES string of the molecule is Nc1nc2cccnc2n1CCCC1CCCC1. The zero-order chi connectivity index (χ0) is 12.4. The van der Waals surface area contributed by atoms with Gasteiger partial charge in [0.2, 0.25) is 5.95 Å². The highest BCUT2D eigenvalue weighted by molar-refractivity contribution is 5.73. The van der Waals surface area contributed by atoms with E-state index in [0.717, 1.165) is 23.6 Å². The number of hydrogen-bond acceptors (Lipinski definition) is 3. The summed E-state index contributed by atoms with van der Waals surface area (Å²) < 4.78 is 2.05. The number of aryl methyl sites for hydroxylation is 1. The number of aromatic nitrogens is 3. The zero-order valence-corrected chi connectivity index (χ0v) is 10.7. The molecule has 2 N–H and O–H groups in total. The van der Waals surface area contributed by atoms with Gasteiger partial charge in [0.25, 0.3) is 0 Å². The van der Waals surface area contributed by atoms with Gasteiger partial charge >= 0.3 is 0 Å². The third-order valence-electron chi connectivity index (χ3n) is 4.00. The van der Waals surface area contributed by atoms with Gasteiger partial charge in [0.15, 0.2) is 5.65 Å². The van der Waals surface area contributed by atoms with Crippen molar-refractivity contribution in [2.75, 3.05) is 5.73 Å². The lowest BCUT2D eigenvalue weighted by molar-refractivity contribution is 0.462. The molecule has 1 fully saturated rings. The fourth-order valence-electron chi connectivity index (χ4n) is 3.03. The molecule has 1 saturated carbocycles. The summed E-state index contributed by atoms with van der Waals surface area (Å²) in [5.74, 6) is 1.53. The molecule has 0 unspecified atom stereocenters. The van der Waals surface area contributed by atoms with Crippen molar-refractivity contribution in [2.24, 2.45) is 5.92 Å². The minimum atomic E-state index is 0.593. The summed E-state index contributed by atoms with van der Waals surface area (Å²) in [5.41, 5.74) is 7.78. The predicted molar refractivity (Wildman–Crippen MR) is 73.1 cm³/mol. The summed E-state index contributed by atoms with van der Waals surface area (Å²) in [6.45, 7) is 0.940. The molecule has 0 saturated heterocycles. The number of hydrogen-bond donors (Lipinski definition) is 1. The average Bonchev–Trinajstić information content (AvgIpc) is 2.98. The van der Waals surface area contributed by atoms with Crippen molar-refractivity contribution in [3.8, 4) is 0 Å². The number of nitrogens with zero attached hydrogens (tertiary/aromatic N) is 3. The van der Waals surface area contributed by atoms with Crippen molar-refractivity contribution in [1.29, 1.82) is 0 Å². The Balaban J connectivity index is 1.68. The van der Waals surface area contributed by atoms with Gasteiger partial charge in [-0.15, -0.1) is 0 Å². The van der Waals surface area contributed by atoms with Gasteiger partial charge in [-0.25, -0.2) is 9.97 Å². The van der Waals surface area contributed by atoms with Crippen LogP contribution in [0.15, 0.2) is 18.3 Å². The number of imidazole rings is 1. The maximum atomic E-state index is 5.96. The second kappa shape index (κ2) is 4.96. The molecule has 0 spiro atoms. The molecule has 0 aliphatic heterocycles. The van der Waals surface area contributed by atoms with E-state index in [1.165, 1.54) is 38.5 Å². The number of anilines is 1. The summed E-state index contributed by atoms with van der Waals surface area (Å²) in [6.07, 6.45) is 9.96. The topological polar surface area (TPSA) is 56.7 Å². The number of pyridine rings is 1. The van der Waals surface area contributed by atoms with Gasteiger partial charge < -0.3 is 5.73 Å². The van der Waals surface area contributed by atoms with Crippen LogP contribution in [0, 0.1) is 5.92 Å². The lowest BCUT2D eigenvalue weighted by Crippen LogP contribution is -2.05. The van der Waals surface area contributed by atoms with Gasteiger partial charge in [-0.3, -0.25) is 4.57 Å². The van der Waals surface area contributed by atoms with Crippen LogP contribution in [0.3, 0.4) is 0 Å². The lowest BCUT2D eigenvalue weighted by Gasteiger charge is -2.09. The van der Waals surface area contributed by atoms with Crippen LogP contribution in [0.25, 0.3) is 11.2 Å². The van der Waals surface area contributed by atoms with Gasteiger partial charge in [-0.1, -0.05) is 25.7 Å². The van der Waals surface area contributed by atoms with Crippen molar-refractivity contribution in [1.82, 2.24) is 14.5 Å². The first-order chi connectivity index (χ1) is 8.84. The summed E-state index contributed by atoms with van der Waals surface area (Å²) in [6, 6.07) is 3.86. The monoisotopic (exact) mass is 244 g/mol. The van der Waals surface area contributed by atoms with Crippen LogP contribution in [0.2, 0.25) is 0 Å². The van der Waals surface area contributed by atoms with Crippen LogP contribution in [0.1, 0.15) is 38.5 Å². The number of nitrogens with two attached hydrogens (primary N) is 1. The molecule has 2 aromatic rings. The zero-order valence-electron chi connectivity index (χ0n) is 10.7. The fourth-order valence-corrected chi connectivity index (χ4v) is 3.03. The average molecular weight is 244 g/mol. The first-order valence-corrected chi connectivity index (χ1v) is 6.91. The van der Waals surface area contributed by atoms with Crippen molar-refractivity contribution < 1.29 is 0 Å². The standard InChI is InChI=1S/C14H20N4/c15-14-17-12-8-3-9-16-13(12)18(14)10-4-7-11-5-1-2-6-11/h3,8-9,11H,1-2,4-7,10H2,(H2,15,17). The lowest BCUT2D eigenvalue weighted by atomic mass is 10.0. The van der Waals surface area contributed by atoms with Gasteiger partial charge in [-0.2, -0.15) is 0 Å². The molecule has 1 aliphatic rings. The van der Waals surface area contributed by atoms with Gasteiger partial charge in [0.1, 0.15) is 5.52 Å². The Kier molecular flexibility index (Phi) is 3.17. The quantitative estimate of drug-likeness (QED) is 0.899. The predicted octanol–water partition coefficient (Wildman–Crippen LogP) is 2.98.